The van der Waals surface area contributed by atoms with Crippen molar-refractivity contribution < 1.29 is 19.6 Å². The van der Waals surface area contributed by atoms with Gasteiger partial charge in [0.15, 0.2) is 0 Å². The van der Waals surface area contributed by atoms with Gasteiger partial charge in [-0.05, 0) is 36.6 Å². The first-order chi connectivity index (χ1) is 11.1. The normalized spacial score (nSPS) is 10.3. The van der Waals surface area contributed by atoms with Crippen molar-refractivity contribution in [1.82, 2.24) is 0 Å². The highest BCUT2D eigenvalue weighted by atomic mass is 16.6. The van der Waals surface area contributed by atoms with Gasteiger partial charge in [-0.2, -0.15) is 0 Å². The second kappa shape index (κ2) is 8.05. The summed E-state index contributed by atoms with van der Waals surface area (Å²) in [5.74, 6) is -0.447. The zero-order valence-corrected chi connectivity index (χ0v) is 12.5. The minimum absolute atomic E-state index is 0.0202. The molecule has 0 atom stereocenters. The fourth-order valence-corrected chi connectivity index (χ4v) is 2.12. The Labute approximate surface area is 133 Å². The Morgan fingerprint density at radius 3 is 2.43 bits per heavy atom. The zero-order valence-electron chi connectivity index (χ0n) is 12.5. The molecule has 23 heavy (non-hydrogen) atoms. The Balaban J connectivity index is 2.11. The largest absolute Gasteiger partial charge is 0.462 e. The second-order valence-corrected chi connectivity index (χ2v) is 4.92. The maximum absolute atomic E-state index is 11.8. The number of hydrogen-bond acceptors (Lipinski definition) is 5. The number of para-hydroxylation sites is 1. The van der Waals surface area contributed by atoms with Crippen LogP contribution in [-0.2, 0) is 4.74 Å². The topological polar surface area (TPSA) is 89.7 Å². The second-order valence-electron chi connectivity index (χ2n) is 4.92. The highest BCUT2D eigenvalue weighted by Gasteiger charge is 2.14. The van der Waals surface area contributed by atoms with Crippen LogP contribution in [0, 0.1) is 10.1 Å². The number of hydrogen-bond donors (Lipinski definition) is 1. The van der Waals surface area contributed by atoms with Gasteiger partial charge in [-0.25, -0.2) is 4.79 Å². The SMILES string of the molecule is O=C(OCCCCO)c1ccc(-c2ccccc2[N+](=O)[O-])cc1. The van der Waals surface area contributed by atoms with Crippen LogP contribution >= 0.6 is 0 Å². The molecule has 0 fully saturated rings. The molecule has 0 aromatic heterocycles. The van der Waals surface area contributed by atoms with Gasteiger partial charge in [0.05, 0.1) is 22.7 Å². The van der Waals surface area contributed by atoms with E-state index < -0.39 is 10.9 Å². The molecule has 6 heteroatoms. The number of nitro benzene ring substituents is 1. The van der Waals surface area contributed by atoms with Gasteiger partial charge in [0.1, 0.15) is 0 Å². The summed E-state index contributed by atoms with van der Waals surface area (Å²) >= 11 is 0. The Hall–Kier alpha value is -2.73. The number of nitro groups is 1. The Morgan fingerprint density at radius 2 is 1.78 bits per heavy atom. The van der Waals surface area contributed by atoms with Gasteiger partial charge in [-0.3, -0.25) is 10.1 Å². The van der Waals surface area contributed by atoms with E-state index in [2.05, 4.69) is 0 Å². The first kappa shape index (κ1) is 16.6. The van der Waals surface area contributed by atoms with Crippen molar-refractivity contribution in [2.75, 3.05) is 13.2 Å². The van der Waals surface area contributed by atoms with Crippen molar-refractivity contribution in [2.24, 2.45) is 0 Å². The standard InChI is InChI=1S/C17H17NO5/c19-11-3-4-12-23-17(20)14-9-7-13(8-10-14)15-5-1-2-6-16(15)18(21)22/h1-2,5-10,19H,3-4,11-12H2. The van der Waals surface area contributed by atoms with E-state index in [9.17, 15) is 14.9 Å². The molecule has 0 aliphatic heterocycles. The lowest BCUT2D eigenvalue weighted by molar-refractivity contribution is -0.384. The molecule has 0 heterocycles. The monoisotopic (exact) mass is 315 g/mol. The average molecular weight is 315 g/mol. The summed E-state index contributed by atoms with van der Waals surface area (Å²) in [6.45, 7) is 0.327. The summed E-state index contributed by atoms with van der Waals surface area (Å²) in [4.78, 5) is 22.5. The van der Waals surface area contributed by atoms with Crippen molar-refractivity contribution in [3.05, 3.63) is 64.2 Å². The van der Waals surface area contributed by atoms with E-state index in [1.54, 1.807) is 42.5 Å². The van der Waals surface area contributed by atoms with Crippen LogP contribution in [0.3, 0.4) is 0 Å². The number of aliphatic hydroxyl groups excluding tert-OH is 1. The van der Waals surface area contributed by atoms with Crippen LogP contribution in [0.1, 0.15) is 23.2 Å². The molecule has 0 saturated carbocycles. The fourth-order valence-electron chi connectivity index (χ4n) is 2.12. The highest BCUT2D eigenvalue weighted by molar-refractivity contribution is 5.90. The van der Waals surface area contributed by atoms with Crippen LogP contribution < -0.4 is 0 Å². The lowest BCUT2D eigenvalue weighted by atomic mass is 10.0. The maximum atomic E-state index is 11.8. The maximum Gasteiger partial charge on any atom is 0.338 e. The molecule has 2 rings (SSSR count). The van der Waals surface area contributed by atoms with Gasteiger partial charge >= 0.3 is 5.97 Å². The smallest absolute Gasteiger partial charge is 0.338 e. The van der Waals surface area contributed by atoms with E-state index >= 15 is 0 Å². The van der Waals surface area contributed by atoms with Crippen molar-refractivity contribution in [3.8, 4) is 11.1 Å². The number of unbranched alkanes of at least 4 members (excludes halogenated alkanes) is 1. The average Bonchev–Trinajstić information content (AvgIpc) is 2.58. The van der Waals surface area contributed by atoms with Crippen LogP contribution in [0.4, 0.5) is 5.69 Å². The highest BCUT2D eigenvalue weighted by Crippen LogP contribution is 2.29. The zero-order chi connectivity index (χ0) is 16.7. The molecule has 0 aliphatic rings. The lowest BCUT2D eigenvalue weighted by Gasteiger charge is -2.06. The number of aliphatic hydroxyl groups is 1. The number of esters is 1. The molecular formula is C17H17NO5. The molecule has 1 N–H and O–H groups in total. The molecule has 120 valence electrons. The molecule has 6 nitrogen and oxygen atoms in total. The number of rotatable bonds is 7. The van der Waals surface area contributed by atoms with E-state index in [4.69, 9.17) is 9.84 Å². The third-order valence-corrected chi connectivity index (χ3v) is 3.32. The predicted molar refractivity (Wildman–Crippen MR) is 85.1 cm³/mol. The number of ether oxygens (including phenoxy) is 1. The molecule has 0 radical (unpaired) electrons. The molecular weight excluding hydrogens is 298 g/mol. The van der Waals surface area contributed by atoms with Gasteiger partial charge in [0.2, 0.25) is 0 Å². The minimum Gasteiger partial charge on any atom is -0.462 e. The summed E-state index contributed by atoms with van der Waals surface area (Å²) in [5.41, 5.74) is 1.57. The summed E-state index contributed by atoms with van der Waals surface area (Å²) < 4.78 is 5.08. The minimum atomic E-state index is -0.447. The molecule has 0 aliphatic carbocycles. The third kappa shape index (κ3) is 4.37. The first-order valence-corrected chi connectivity index (χ1v) is 7.25. The summed E-state index contributed by atoms with van der Waals surface area (Å²) in [6, 6.07) is 12.9. The Morgan fingerprint density at radius 1 is 1.09 bits per heavy atom. The Kier molecular flexibility index (Phi) is 5.82. The molecule has 0 amide bonds. The number of benzene rings is 2. The van der Waals surface area contributed by atoms with Crippen LogP contribution in [-0.4, -0.2) is 29.2 Å². The summed E-state index contributed by atoms with van der Waals surface area (Å²) in [6.07, 6.45) is 1.19. The van der Waals surface area contributed by atoms with Crippen LogP contribution in [0.25, 0.3) is 11.1 Å². The first-order valence-electron chi connectivity index (χ1n) is 7.25. The summed E-state index contributed by atoms with van der Waals surface area (Å²) in [5, 5.41) is 19.7. The van der Waals surface area contributed by atoms with Gasteiger partial charge < -0.3 is 9.84 Å². The van der Waals surface area contributed by atoms with Crippen molar-refractivity contribution in [2.45, 2.75) is 12.8 Å². The molecule has 0 bridgehead atoms. The molecule has 0 saturated heterocycles. The Bertz CT molecular complexity index is 682. The van der Waals surface area contributed by atoms with Gasteiger partial charge in [0.25, 0.3) is 5.69 Å². The predicted octanol–water partition coefficient (Wildman–Crippen LogP) is 3.19. The van der Waals surface area contributed by atoms with Crippen molar-refractivity contribution >= 4 is 11.7 Å². The third-order valence-electron chi connectivity index (χ3n) is 3.32. The van der Waals surface area contributed by atoms with E-state index in [-0.39, 0.29) is 18.9 Å². The van der Waals surface area contributed by atoms with E-state index in [0.717, 1.165) is 0 Å². The molecule has 2 aromatic rings. The van der Waals surface area contributed by atoms with Crippen LogP contribution in [0.15, 0.2) is 48.5 Å². The quantitative estimate of drug-likeness (QED) is 0.367. The lowest BCUT2D eigenvalue weighted by Crippen LogP contribution is -2.06. The fraction of sp³-hybridized carbons (Fsp3) is 0.235. The molecule has 0 unspecified atom stereocenters. The molecule has 2 aromatic carbocycles. The van der Waals surface area contributed by atoms with Crippen LogP contribution in [0.5, 0.6) is 0 Å². The van der Waals surface area contributed by atoms with E-state index in [1.807, 2.05) is 0 Å². The van der Waals surface area contributed by atoms with E-state index in [0.29, 0.717) is 29.5 Å². The van der Waals surface area contributed by atoms with Gasteiger partial charge in [-0.15, -0.1) is 0 Å². The number of nitrogens with zero attached hydrogens (tertiary/aromatic N) is 1. The van der Waals surface area contributed by atoms with E-state index in [1.165, 1.54) is 6.07 Å². The molecule has 0 spiro atoms. The number of carbonyl (C=O) groups excluding carboxylic acids is 1. The summed E-state index contributed by atoms with van der Waals surface area (Å²) in [7, 11) is 0. The van der Waals surface area contributed by atoms with Gasteiger partial charge in [-0.1, -0.05) is 24.3 Å². The van der Waals surface area contributed by atoms with Crippen molar-refractivity contribution in [3.63, 3.8) is 0 Å². The number of carbonyl (C=O) groups is 1. The van der Waals surface area contributed by atoms with Crippen molar-refractivity contribution in [1.29, 1.82) is 0 Å². The van der Waals surface area contributed by atoms with Gasteiger partial charge in [0, 0.05) is 12.7 Å². The van der Waals surface area contributed by atoms with Crippen LogP contribution in [0.2, 0.25) is 0 Å².